The molecule has 0 aromatic carbocycles. The van der Waals surface area contributed by atoms with Gasteiger partial charge in [-0.1, -0.05) is 27.7 Å². The smallest absolute Gasteiger partial charge is 0.0740 e. The summed E-state index contributed by atoms with van der Waals surface area (Å²) in [6.45, 7) is 9.96. The van der Waals surface area contributed by atoms with Crippen molar-refractivity contribution in [3.8, 4) is 0 Å². The monoisotopic (exact) mass is 236 g/mol. The molecule has 0 aromatic rings. The van der Waals surface area contributed by atoms with Crippen molar-refractivity contribution in [2.24, 2.45) is 28.6 Å². The van der Waals surface area contributed by atoms with Crippen LogP contribution >= 0.6 is 0 Å². The first-order valence-electron chi connectivity index (χ1n) is 7.41. The van der Waals surface area contributed by atoms with Gasteiger partial charge in [-0.3, -0.25) is 0 Å². The summed E-state index contributed by atoms with van der Waals surface area (Å²) in [5.41, 5.74) is 1.30. The molecule has 1 nitrogen and oxygen atoms in total. The van der Waals surface area contributed by atoms with E-state index in [2.05, 4.69) is 27.7 Å². The minimum atomic E-state index is 0.214. The Hall–Kier alpha value is -0.0400. The van der Waals surface area contributed by atoms with Gasteiger partial charge in [-0.2, -0.15) is 0 Å². The molecule has 98 valence electrons. The average Bonchev–Trinajstić information content (AvgIpc) is 2.64. The van der Waals surface area contributed by atoms with Gasteiger partial charge in [-0.15, -0.1) is 0 Å². The van der Waals surface area contributed by atoms with Crippen molar-refractivity contribution in [1.29, 1.82) is 0 Å². The number of hydrogen-bond acceptors (Lipinski definition) is 1. The van der Waals surface area contributed by atoms with Crippen LogP contribution in [-0.4, -0.2) is 12.7 Å². The summed E-state index contributed by atoms with van der Waals surface area (Å²) < 4.78 is 6.15. The molecule has 0 heterocycles. The lowest BCUT2D eigenvalue weighted by atomic mass is 9.61. The lowest BCUT2D eigenvalue weighted by Crippen LogP contribution is -2.51. The van der Waals surface area contributed by atoms with E-state index in [1.54, 1.807) is 0 Å². The molecule has 0 amide bonds. The second-order valence-corrected chi connectivity index (χ2v) is 8.04. The Labute approximate surface area is 106 Å². The molecule has 3 rings (SSSR count). The molecular weight excluding hydrogens is 208 g/mol. The molecule has 0 unspecified atom stereocenters. The summed E-state index contributed by atoms with van der Waals surface area (Å²) >= 11 is 0. The molecule has 1 heteroatoms. The van der Waals surface area contributed by atoms with Crippen molar-refractivity contribution in [3.05, 3.63) is 0 Å². The van der Waals surface area contributed by atoms with Gasteiger partial charge in [-0.25, -0.2) is 0 Å². The van der Waals surface area contributed by atoms with E-state index in [4.69, 9.17) is 4.74 Å². The molecular formula is C16H28O. The first-order valence-corrected chi connectivity index (χ1v) is 7.41. The van der Waals surface area contributed by atoms with E-state index in [0.29, 0.717) is 10.8 Å². The Morgan fingerprint density at radius 1 is 1.06 bits per heavy atom. The standard InChI is InChI=1S/C16H28O/c1-11-6-7-12-13-15(4,10-14(12,2)3)8-9-16(11,13)17-5/h11-13H,6-10H2,1-5H3/t11-,12-,13-,15+,16+/m1/s1. The van der Waals surface area contributed by atoms with Crippen molar-refractivity contribution in [1.82, 2.24) is 0 Å². The predicted octanol–water partition coefficient (Wildman–Crippen LogP) is 4.26. The van der Waals surface area contributed by atoms with Gasteiger partial charge < -0.3 is 4.74 Å². The Morgan fingerprint density at radius 2 is 1.76 bits per heavy atom. The van der Waals surface area contributed by atoms with Gasteiger partial charge in [-0.05, 0) is 60.7 Å². The molecule has 0 N–H and O–H groups in total. The van der Waals surface area contributed by atoms with E-state index >= 15 is 0 Å². The van der Waals surface area contributed by atoms with E-state index in [-0.39, 0.29) is 5.60 Å². The summed E-state index contributed by atoms with van der Waals surface area (Å²) in [5, 5.41) is 0. The average molecular weight is 236 g/mol. The molecule has 0 spiro atoms. The summed E-state index contributed by atoms with van der Waals surface area (Å²) in [4.78, 5) is 0. The second-order valence-electron chi connectivity index (χ2n) is 8.04. The molecule has 3 aliphatic rings. The zero-order chi connectivity index (χ0) is 12.5. The van der Waals surface area contributed by atoms with Gasteiger partial charge in [0.2, 0.25) is 0 Å². The number of rotatable bonds is 1. The Bertz CT molecular complexity index is 334. The van der Waals surface area contributed by atoms with E-state index in [1.165, 1.54) is 32.1 Å². The van der Waals surface area contributed by atoms with Crippen LogP contribution in [0.4, 0.5) is 0 Å². The minimum Gasteiger partial charge on any atom is -0.378 e. The van der Waals surface area contributed by atoms with Crippen molar-refractivity contribution in [2.75, 3.05) is 7.11 Å². The maximum atomic E-state index is 6.15. The lowest BCUT2D eigenvalue weighted by molar-refractivity contribution is -0.135. The summed E-state index contributed by atoms with van der Waals surface area (Å²) in [7, 11) is 1.97. The normalized spacial score (nSPS) is 55.9. The largest absolute Gasteiger partial charge is 0.378 e. The van der Waals surface area contributed by atoms with Gasteiger partial charge in [0.1, 0.15) is 0 Å². The van der Waals surface area contributed by atoms with Gasteiger partial charge in [0.25, 0.3) is 0 Å². The highest BCUT2D eigenvalue weighted by Gasteiger charge is 2.68. The first-order chi connectivity index (χ1) is 7.86. The molecule has 0 aliphatic heterocycles. The van der Waals surface area contributed by atoms with Crippen molar-refractivity contribution in [2.45, 2.75) is 65.4 Å². The van der Waals surface area contributed by atoms with Crippen molar-refractivity contribution in [3.63, 3.8) is 0 Å². The second kappa shape index (κ2) is 3.29. The molecule has 5 atom stereocenters. The zero-order valence-electron chi connectivity index (χ0n) is 12.2. The molecule has 3 aliphatic carbocycles. The van der Waals surface area contributed by atoms with Crippen LogP contribution < -0.4 is 0 Å². The Morgan fingerprint density at radius 3 is 2.41 bits per heavy atom. The van der Waals surface area contributed by atoms with E-state index in [1.807, 2.05) is 7.11 Å². The van der Waals surface area contributed by atoms with E-state index in [0.717, 1.165) is 17.8 Å². The fraction of sp³-hybridized carbons (Fsp3) is 1.00. The number of methoxy groups -OCH3 is 1. The first kappa shape index (κ1) is 12.0. The van der Waals surface area contributed by atoms with Crippen molar-refractivity contribution >= 4 is 0 Å². The van der Waals surface area contributed by atoms with Crippen LogP contribution in [0.15, 0.2) is 0 Å². The highest BCUT2D eigenvalue weighted by atomic mass is 16.5. The summed E-state index contributed by atoms with van der Waals surface area (Å²) in [6, 6.07) is 0. The third kappa shape index (κ3) is 1.30. The van der Waals surface area contributed by atoms with Crippen LogP contribution in [0.25, 0.3) is 0 Å². The molecule has 17 heavy (non-hydrogen) atoms. The summed E-state index contributed by atoms with van der Waals surface area (Å²) in [5.74, 6) is 2.47. The third-order valence-electron chi connectivity index (χ3n) is 6.75. The summed E-state index contributed by atoms with van der Waals surface area (Å²) in [6.07, 6.45) is 6.90. The van der Waals surface area contributed by atoms with Gasteiger partial charge in [0.15, 0.2) is 0 Å². The highest BCUT2D eigenvalue weighted by molar-refractivity contribution is 5.17. The fourth-order valence-corrected chi connectivity index (χ4v) is 6.24. The third-order valence-corrected chi connectivity index (χ3v) is 6.75. The molecule has 0 aromatic heterocycles. The number of hydrogen-bond donors (Lipinski definition) is 0. The van der Waals surface area contributed by atoms with Crippen molar-refractivity contribution < 1.29 is 4.74 Å². The van der Waals surface area contributed by atoms with Crippen LogP contribution in [0, 0.1) is 28.6 Å². The molecule has 0 saturated heterocycles. The zero-order valence-corrected chi connectivity index (χ0v) is 12.2. The van der Waals surface area contributed by atoms with Gasteiger partial charge in [0, 0.05) is 7.11 Å². The molecule has 3 saturated carbocycles. The maximum Gasteiger partial charge on any atom is 0.0740 e. The van der Waals surface area contributed by atoms with Gasteiger partial charge in [0.05, 0.1) is 5.60 Å². The number of ether oxygens (including phenoxy) is 1. The van der Waals surface area contributed by atoms with E-state index in [9.17, 15) is 0 Å². The highest BCUT2D eigenvalue weighted by Crippen LogP contribution is 2.71. The van der Waals surface area contributed by atoms with Crippen LogP contribution in [0.5, 0.6) is 0 Å². The fourth-order valence-electron chi connectivity index (χ4n) is 6.24. The van der Waals surface area contributed by atoms with Gasteiger partial charge >= 0.3 is 0 Å². The topological polar surface area (TPSA) is 9.23 Å². The lowest BCUT2D eigenvalue weighted by Gasteiger charge is -2.50. The van der Waals surface area contributed by atoms with Crippen LogP contribution in [0.1, 0.15) is 59.8 Å². The van der Waals surface area contributed by atoms with Crippen LogP contribution in [-0.2, 0) is 4.74 Å². The molecule has 3 fully saturated rings. The Balaban J connectivity index is 2.08. The molecule has 0 bridgehead atoms. The van der Waals surface area contributed by atoms with Crippen LogP contribution in [0.2, 0.25) is 0 Å². The maximum absolute atomic E-state index is 6.15. The van der Waals surface area contributed by atoms with E-state index < -0.39 is 0 Å². The minimum absolute atomic E-state index is 0.214. The Kier molecular flexibility index (Phi) is 2.32. The molecule has 0 radical (unpaired) electrons. The predicted molar refractivity (Wildman–Crippen MR) is 70.9 cm³/mol. The van der Waals surface area contributed by atoms with Crippen LogP contribution in [0.3, 0.4) is 0 Å². The SMILES string of the molecule is CO[C@@]12CC[C@@]3(C)CC(C)(C)[C@H](CC[C@H]1C)[C@H]32. The quantitative estimate of drug-likeness (QED) is 0.661.